The predicted octanol–water partition coefficient (Wildman–Crippen LogP) is 3.03. The van der Waals surface area contributed by atoms with Crippen molar-refractivity contribution in [1.82, 2.24) is 0 Å². The molecule has 2 heteroatoms. The van der Waals surface area contributed by atoms with Gasteiger partial charge in [0.2, 0.25) is 0 Å². The summed E-state index contributed by atoms with van der Waals surface area (Å²) in [4.78, 5) is 0. The Bertz CT molecular complexity index is 385. The molecule has 2 atom stereocenters. The molecule has 0 radical (unpaired) electrons. The van der Waals surface area contributed by atoms with Gasteiger partial charge >= 0.3 is 0 Å². The average molecular weight is 220 g/mol. The Labute approximate surface area is 97.6 Å². The van der Waals surface area contributed by atoms with E-state index in [4.69, 9.17) is 9.47 Å². The van der Waals surface area contributed by atoms with Gasteiger partial charge in [-0.25, -0.2) is 0 Å². The number of ether oxygens (including phenoxy) is 2. The highest BCUT2D eigenvalue weighted by Crippen LogP contribution is 2.28. The summed E-state index contributed by atoms with van der Waals surface area (Å²) in [5.74, 6) is 0.984. The highest BCUT2D eigenvalue weighted by atomic mass is 16.6. The number of aryl methyl sites for hydroxylation is 3. The molecule has 2 rings (SSSR count). The molecule has 1 aromatic carbocycles. The number of epoxide rings is 1. The van der Waals surface area contributed by atoms with E-state index in [1.54, 1.807) is 7.11 Å². The first-order chi connectivity index (χ1) is 7.61. The summed E-state index contributed by atoms with van der Waals surface area (Å²) in [7, 11) is 1.72. The molecular formula is C14H20O2. The SMILES string of the molecule is COc1cc(C)c(CCC2OC2C)cc1C. The third-order valence-electron chi connectivity index (χ3n) is 3.39. The first kappa shape index (κ1) is 11.5. The number of hydrogen-bond donors (Lipinski definition) is 0. The van der Waals surface area contributed by atoms with Gasteiger partial charge in [0, 0.05) is 0 Å². The van der Waals surface area contributed by atoms with Crippen LogP contribution in [0.4, 0.5) is 0 Å². The Hall–Kier alpha value is -1.02. The molecule has 0 saturated carbocycles. The summed E-state index contributed by atoms with van der Waals surface area (Å²) < 4.78 is 10.7. The van der Waals surface area contributed by atoms with Crippen molar-refractivity contribution in [2.24, 2.45) is 0 Å². The molecule has 0 spiro atoms. The lowest BCUT2D eigenvalue weighted by Crippen LogP contribution is -1.98. The Morgan fingerprint density at radius 2 is 1.94 bits per heavy atom. The monoisotopic (exact) mass is 220 g/mol. The molecule has 1 saturated heterocycles. The Balaban J connectivity index is 2.05. The average Bonchev–Trinajstić information content (AvgIpc) is 2.95. The van der Waals surface area contributed by atoms with Crippen LogP contribution in [-0.4, -0.2) is 19.3 Å². The molecule has 0 bridgehead atoms. The van der Waals surface area contributed by atoms with Crippen LogP contribution in [0.2, 0.25) is 0 Å². The minimum Gasteiger partial charge on any atom is -0.496 e. The molecule has 0 aromatic heterocycles. The van der Waals surface area contributed by atoms with Gasteiger partial charge in [-0.3, -0.25) is 0 Å². The maximum atomic E-state index is 5.43. The van der Waals surface area contributed by atoms with Gasteiger partial charge in [-0.15, -0.1) is 0 Å². The molecule has 1 fully saturated rings. The Morgan fingerprint density at radius 1 is 1.25 bits per heavy atom. The maximum absolute atomic E-state index is 5.43. The quantitative estimate of drug-likeness (QED) is 0.727. The normalized spacial score (nSPS) is 23.2. The van der Waals surface area contributed by atoms with Crippen LogP contribution in [-0.2, 0) is 11.2 Å². The molecular weight excluding hydrogens is 200 g/mol. The van der Waals surface area contributed by atoms with Gasteiger partial charge < -0.3 is 9.47 Å². The van der Waals surface area contributed by atoms with Crippen molar-refractivity contribution in [1.29, 1.82) is 0 Å². The summed E-state index contributed by atoms with van der Waals surface area (Å²) in [5, 5.41) is 0. The van der Waals surface area contributed by atoms with Crippen LogP contribution in [0.15, 0.2) is 12.1 Å². The first-order valence-corrected chi connectivity index (χ1v) is 5.91. The predicted molar refractivity (Wildman–Crippen MR) is 65.1 cm³/mol. The highest BCUT2D eigenvalue weighted by Gasteiger charge is 2.33. The van der Waals surface area contributed by atoms with Crippen molar-refractivity contribution in [3.63, 3.8) is 0 Å². The zero-order valence-corrected chi connectivity index (χ0v) is 10.5. The molecule has 16 heavy (non-hydrogen) atoms. The molecule has 0 aliphatic carbocycles. The van der Waals surface area contributed by atoms with Crippen molar-refractivity contribution in [3.8, 4) is 5.75 Å². The van der Waals surface area contributed by atoms with Crippen LogP contribution in [0, 0.1) is 13.8 Å². The van der Waals surface area contributed by atoms with Crippen molar-refractivity contribution in [2.75, 3.05) is 7.11 Å². The van der Waals surface area contributed by atoms with E-state index in [9.17, 15) is 0 Å². The smallest absolute Gasteiger partial charge is 0.122 e. The second-order valence-electron chi connectivity index (χ2n) is 4.67. The van der Waals surface area contributed by atoms with Crippen LogP contribution in [0.25, 0.3) is 0 Å². The zero-order chi connectivity index (χ0) is 11.7. The van der Waals surface area contributed by atoms with E-state index in [0.29, 0.717) is 12.2 Å². The molecule has 1 aliphatic rings. The van der Waals surface area contributed by atoms with Gasteiger partial charge in [0.25, 0.3) is 0 Å². The van der Waals surface area contributed by atoms with E-state index < -0.39 is 0 Å². The second kappa shape index (κ2) is 4.46. The third kappa shape index (κ3) is 2.38. The van der Waals surface area contributed by atoms with E-state index >= 15 is 0 Å². The summed E-state index contributed by atoms with van der Waals surface area (Å²) in [5.41, 5.74) is 3.95. The van der Waals surface area contributed by atoms with Gasteiger partial charge in [-0.1, -0.05) is 6.07 Å². The minimum absolute atomic E-state index is 0.472. The van der Waals surface area contributed by atoms with Gasteiger partial charge in [0.05, 0.1) is 19.3 Å². The third-order valence-corrected chi connectivity index (χ3v) is 3.39. The largest absolute Gasteiger partial charge is 0.496 e. The fraction of sp³-hybridized carbons (Fsp3) is 0.571. The standard InChI is InChI=1S/C14H20O2/c1-9-8-14(15-4)10(2)7-12(9)5-6-13-11(3)16-13/h7-8,11,13H,5-6H2,1-4H3. The van der Waals surface area contributed by atoms with Crippen molar-refractivity contribution in [2.45, 2.75) is 45.8 Å². The summed E-state index contributed by atoms with van der Waals surface area (Å²) in [6.07, 6.45) is 3.20. The Morgan fingerprint density at radius 3 is 2.50 bits per heavy atom. The number of hydrogen-bond acceptors (Lipinski definition) is 2. The van der Waals surface area contributed by atoms with E-state index in [-0.39, 0.29) is 0 Å². The number of rotatable bonds is 4. The summed E-state index contributed by atoms with van der Waals surface area (Å²) in [6, 6.07) is 4.36. The lowest BCUT2D eigenvalue weighted by molar-refractivity contribution is 0.370. The van der Waals surface area contributed by atoms with Gasteiger partial charge in [0.1, 0.15) is 5.75 Å². The molecule has 2 nitrogen and oxygen atoms in total. The Kier molecular flexibility index (Phi) is 3.20. The van der Waals surface area contributed by atoms with Gasteiger partial charge in [-0.2, -0.15) is 0 Å². The van der Waals surface area contributed by atoms with E-state index in [1.807, 2.05) is 0 Å². The minimum atomic E-state index is 0.472. The second-order valence-corrected chi connectivity index (χ2v) is 4.67. The van der Waals surface area contributed by atoms with E-state index in [1.165, 1.54) is 16.7 Å². The van der Waals surface area contributed by atoms with Crippen molar-refractivity contribution >= 4 is 0 Å². The van der Waals surface area contributed by atoms with Crippen LogP contribution in [0.1, 0.15) is 30.0 Å². The fourth-order valence-electron chi connectivity index (χ4n) is 2.17. The van der Waals surface area contributed by atoms with Crippen LogP contribution in [0.5, 0.6) is 5.75 Å². The molecule has 1 aliphatic heterocycles. The number of methoxy groups -OCH3 is 1. The van der Waals surface area contributed by atoms with Crippen LogP contribution in [0.3, 0.4) is 0 Å². The van der Waals surface area contributed by atoms with Gasteiger partial charge in [-0.05, 0) is 56.4 Å². The molecule has 0 N–H and O–H groups in total. The lowest BCUT2D eigenvalue weighted by Gasteiger charge is -2.10. The fourth-order valence-corrected chi connectivity index (χ4v) is 2.17. The van der Waals surface area contributed by atoms with Crippen molar-refractivity contribution in [3.05, 3.63) is 28.8 Å². The first-order valence-electron chi connectivity index (χ1n) is 5.91. The van der Waals surface area contributed by atoms with Crippen LogP contribution < -0.4 is 4.74 Å². The molecule has 88 valence electrons. The zero-order valence-electron chi connectivity index (χ0n) is 10.5. The molecule has 1 aromatic rings. The van der Waals surface area contributed by atoms with Crippen molar-refractivity contribution < 1.29 is 9.47 Å². The van der Waals surface area contributed by atoms with E-state index in [0.717, 1.165) is 18.6 Å². The highest BCUT2D eigenvalue weighted by molar-refractivity contribution is 5.41. The van der Waals surface area contributed by atoms with Crippen LogP contribution >= 0.6 is 0 Å². The lowest BCUT2D eigenvalue weighted by atomic mass is 9.99. The molecule has 1 heterocycles. The number of benzene rings is 1. The summed E-state index contributed by atoms with van der Waals surface area (Å²) in [6.45, 7) is 6.38. The topological polar surface area (TPSA) is 21.8 Å². The molecule has 2 unspecified atom stereocenters. The summed E-state index contributed by atoms with van der Waals surface area (Å²) >= 11 is 0. The maximum Gasteiger partial charge on any atom is 0.122 e. The molecule has 0 amide bonds. The van der Waals surface area contributed by atoms with Gasteiger partial charge in [0.15, 0.2) is 0 Å². The van der Waals surface area contributed by atoms with E-state index in [2.05, 4.69) is 32.9 Å².